The van der Waals surface area contributed by atoms with Crippen LogP contribution in [0.4, 0.5) is 0 Å². The lowest BCUT2D eigenvalue weighted by atomic mass is 9.89. The van der Waals surface area contributed by atoms with Crippen LogP contribution in [-0.2, 0) is 4.79 Å². The van der Waals surface area contributed by atoms with Crippen LogP contribution in [0, 0.1) is 0 Å². The van der Waals surface area contributed by atoms with Gasteiger partial charge in [-0.3, -0.25) is 4.79 Å². The summed E-state index contributed by atoms with van der Waals surface area (Å²) in [6.07, 6.45) is 1.40. The molecule has 2 N–H and O–H groups in total. The van der Waals surface area contributed by atoms with Crippen molar-refractivity contribution in [1.82, 2.24) is 5.32 Å². The number of amides is 1. The molecule has 6 heteroatoms. The van der Waals surface area contributed by atoms with Crippen LogP contribution in [0.3, 0.4) is 0 Å². The van der Waals surface area contributed by atoms with Crippen molar-refractivity contribution >= 4 is 23.9 Å². The number of carbonyl (C=O) groups excluding carboxylic acids is 1. The Morgan fingerprint density at radius 3 is 2.64 bits per heavy atom. The van der Waals surface area contributed by atoms with Crippen LogP contribution >= 0.6 is 0 Å². The Morgan fingerprint density at radius 1 is 1.32 bits per heavy atom. The average Bonchev–Trinajstić information content (AvgIpc) is 2.90. The molecule has 2 unspecified atom stereocenters. The molecule has 0 saturated carbocycles. The third-order valence-electron chi connectivity index (χ3n) is 3.85. The van der Waals surface area contributed by atoms with Crippen molar-refractivity contribution < 1.29 is 14.7 Å². The maximum atomic E-state index is 12.2. The molecule has 2 heterocycles. The van der Waals surface area contributed by atoms with E-state index in [0.29, 0.717) is 11.4 Å². The number of hydrogen-bond acceptors (Lipinski definition) is 4. The largest absolute Gasteiger partial charge is 0.478 e. The van der Waals surface area contributed by atoms with Crippen molar-refractivity contribution in [3.8, 4) is 0 Å². The van der Waals surface area contributed by atoms with E-state index in [2.05, 4.69) is 15.3 Å². The zero-order chi connectivity index (χ0) is 15.9. The minimum absolute atomic E-state index is 0.0755. The topological polar surface area (TPSA) is 91.1 Å². The Balaban J connectivity index is 1.97. The van der Waals surface area contributed by atoms with Crippen LogP contribution in [-0.4, -0.2) is 35.2 Å². The number of amidine groups is 1. The van der Waals surface area contributed by atoms with Gasteiger partial charge in [-0.25, -0.2) is 14.8 Å². The van der Waals surface area contributed by atoms with E-state index in [1.165, 1.54) is 0 Å². The first-order valence-corrected chi connectivity index (χ1v) is 6.98. The Hall–Kier alpha value is -2.76. The van der Waals surface area contributed by atoms with Crippen LogP contribution in [0.25, 0.3) is 0 Å². The molecule has 22 heavy (non-hydrogen) atoms. The molecule has 1 aromatic rings. The Kier molecular flexibility index (Phi) is 3.36. The summed E-state index contributed by atoms with van der Waals surface area (Å²) in [5, 5.41) is 11.7. The van der Waals surface area contributed by atoms with Gasteiger partial charge in [-0.05, 0) is 30.2 Å². The quantitative estimate of drug-likeness (QED) is 0.890. The fourth-order valence-corrected chi connectivity index (χ4v) is 2.62. The summed E-state index contributed by atoms with van der Waals surface area (Å²) in [5.41, 5.74) is 2.46. The maximum absolute atomic E-state index is 12.2. The lowest BCUT2D eigenvalue weighted by Crippen LogP contribution is -2.39. The SMILES string of the molecule is CC1N=C2N=CC(C(C)c3ccc(C(=O)O)cc3)=C2C(=O)N1. The monoisotopic (exact) mass is 297 g/mol. The summed E-state index contributed by atoms with van der Waals surface area (Å²) in [7, 11) is 0. The number of rotatable bonds is 3. The molecule has 1 amide bonds. The zero-order valence-corrected chi connectivity index (χ0v) is 12.2. The van der Waals surface area contributed by atoms with Gasteiger partial charge in [-0.15, -0.1) is 0 Å². The summed E-state index contributed by atoms with van der Waals surface area (Å²) in [6.45, 7) is 3.75. The van der Waals surface area contributed by atoms with Crippen LogP contribution < -0.4 is 5.32 Å². The highest BCUT2D eigenvalue weighted by molar-refractivity contribution is 6.30. The fourth-order valence-electron chi connectivity index (χ4n) is 2.62. The second-order valence-corrected chi connectivity index (χ2v) is 5.34. The number of nitrogens with zero attached hydrogens (tertiary/aromatic N) is 2. The van der Waals surface area contributed by atoms with Gasteiger partial charge in [0.2, 0.25) is 0 Å². The van der Waals surface area contributed by atoms with Crippen molar-refractivity contribution in [2.75, 3.05) is 0 Å². The molecule has 2 aliphatic heterocycles. The summed E-state index contributed by atoms with van der Waals surface area (Å²) >= 11 is 0. The number of allylic oxidation sites excluding steroid dienone is 1. The molecule has 0 fully saturated rings. The number of carbonyl (C=O) groups is 2. The number of carboxylic acid groups (broad SMARTS) is 1. The maximum Gasteiger partial charge on any atom is 0.335 e. The van der Waals surface area contributed by atoms with Gasteiger partial charge in [-0.1, -0.05) is 19.1 Å². The minimum atomic E-state index is -0.960. The number of aromatic carboxylic acids is 1. The van der Waals surface area contributed by atoms with Gasteiger partial charge >= 0.3 is 5.97 Å². The molecule has 0 spiro atoms. The Bertz CT molecular complexity index is 744. The zero-order valence-electron chi connectivity index (χ0n) is 12.2. The van der Waals surface area contributed by atoms with E-state index in [-0.39, 0.29) is 23.6 Å². The van der Waals surface area contributed by atoms with Gasteiger partial charge in [-0.2, -0.15) is 0 Å². The highest BCUT2D eigenvalue weighted by atomic mass is 16.4. The van der Waals surface area contributed by atoms with Crippen molar-refractivity contribution in [3.05, 3.63) is 46.5 Å². The predicted molar refractivity (Wildman–Crippen MR) is 82.4 cm³/mol. The molecule has 1 aromatic carbocycles. The second-order valence-electron chi connectivity index (χ2n) is 5.34. The van der Waals surface area contributed by atoms with E-state index < -0.39 is 5.97 Å². The number of aliphatic imine (C=N–C) groups is 2. The van der Waals surface area contributed by atoms with Crippen LogP contribution in [0.15, 0.2) is 45.4 Å². The fraction of sp³-hybridized carbons (Fsp3) is 0.250. The summed E-state index contributed by atoms with van der Waals surface area (Å²) in [5.74, 6) is -0.730. The molecule has 0 radical (unpaired) electrons. The number of nitrogens with one attached hydrogen (secondary N) is 1. The van der Waals surface area contributed by atoms with Crippen molar-refractivity contribution in [1.29, 1.82) is 0 Å². The van der Waals surface area contributed by atoms with Gasteiger partial charge in [0.1, 0.15) is 6.17 Å². The lowest BCUT2D eigenvalue weighted by molar-refractivity contribution is -0.117. The van der Waals surface area contributed by atoms with Gasteiger partial charge < -0.3 is 10.4 Å². The van der Waals surface area contributed by atoms with Crippen LogP contribution in [0.2, 0.25) is 0 Å². The molecule has 0 aromatic heterocycles. The average molecular weight is 297 g/mol. The van der Waals surface area contributed by atoms with Crippen molar-refractivity contribution in [2.24, 2.45) is 9.98 Å². The summed E-state index contributed by atoms with van der Waals surface area (Å²) in [6, 6.07) is 6.63. The molecular formula is C16H15N3O3. The molecule has 0 saturated heterocycles. The van der Waals surface area contributed by atoms with E-state index in [1.54, 1.807) is 37.4 Å². The van der Waals surface area contributed by atoms with E-state index >= 15 is 0 Å². The third kappa shape index (κ3) is 2.32. The van der Waals surface area contributed by atoms with E-state index in [0.717, 1.165) is 11.1 Å². The minimum Gasteiger partial charge on any atom is -0.478 e. The number of benzene rings is 1. The standard InChI is InChI=1S/C16H15N3O3/c1-8(10-3-5-11(6-4-10)16(21)22)12-7-17-14-13(12)15(20)19-9(2)18-14/h3-9H,1-2H3,(H,19,20)(H,21,22). The normalized spacial score (nSPS) is 21.3. The summed E-state index contributed by atoms with van der Waals surface area (Å²) < 4.78 is 0. The molecule has 0 bridgehead atoms. The molecule has 3 rings (SSSR count). The molecule has 2 atom stereocenters. The number of carboxylic acids is 1. The second kappa shape index (κ2) is 5.22. The van der Waals surface area contributed by atoms with E-state index in [4.69, 9.17) is 5.11 Å². The third-order valence-corrected chi connectivity index (χ3v) is 3.85. The highest BCUT2D eigenvalue weighted by Gasteiger charge is 2.31. The first-order chi connectivity index (χ1) is 10.5. The molecule has 0 aliphatic carbocycles. The molecule has 112 valence electrons. The Morgan fingerprint density at radius 2 is 2.00 bits per heavy atom. The Labute approximate surface area is 127 Å². The first kappa shape index (κ1) is 14.2. The summed E-state index contributed by atoms with van der Waals surface area (Å²) in [4.78, 5) is 31.6. The number of hydrogen-bond donors (Lipinski definition) is 2. The predicted octanol–water partition coefficient (Wildman–Crippen LogP) is 1.74. The number of fused-ring (bicyclic) bond motifs is 1. The van der Waals surface area contributed by atoms with Crippen molar-refractivity contribution in [3.63, 3.8) is 0 Å². The molecular weight excluding hydrogens is 282 g/mol. The first-order valence-electron chi connectivity index (χ1n) is 6.98. The van der Waals surface area contributed by atoms with Gasteiger partial charge in [0.05, 0.1) is 11.1 Å². The van der Waals surface area contributed by atoms with Crippen molar-refractivity contribution in [2.45, 2.75) is 25.9 Å². The molecule has 2 aliphatic rings. The van der Waals surface area contributed by atoms with E-state index in [9.17, 15) is 9.59 Å². The smallest absolute Gasteiger partial charge is 0.335 e. The molecule has 6 nitrogen and oxygen atoms in total. The van der Waals surface area contributed by atoms with Crippen LogP contribution in [0.1, 0.15) is 35.7 Å². The van der Waals surface area contributed by atoms with Gasteiger partial charge in [0, 0.05) is 12.1 Å². The van der Waals surface area contributed by atoms with Crippen LogP contribution in [0.5, 0.6) is 0 Å². The lowest BCUT2D eigenvalue weighted by Gasteiger charge is -2.19. The highest BCUT2D eigenvalue weighted by Crippen LogP contribution is 2.30. The van der Waals surface area contributed by atoms with E-state index in [1.807, 2.05) is 6.92 Å². The van der Waals surface area contributed by atoms with Gasteiger partial charge in [0.25, 0.3) is 5.91 Å². The van der Waals surface area contributed by atoms with Gasteiger partial charge in [0.15, 0.2) is 5.84 Å².